The Balaban J connectivity index is 2.55. The van der Waals surface area contributed by atoms with Crippen LogP contribution in [0.3, 0.4) is 0 Å². The average molecular weight is 225 g/mol. The van der Waals surface area contributed by atoms with E-state index in [-0.39, 0.29) is 0 Å². The topological polar surface area (TPSA) is 12.0 Å². The minimum Gasteiger partial charge on any atom is -0.314 e. The second-order valence-corrected chi connectivity index (χ2v) is 5.51. The molecule has 1 saturated carbocycles. The lowest BCUT2D eigenvalue weighted by Crippen LogP contribution is -2.41. The highest BCUT2D eigenvalue weighted by atomic mass is 14.9. The van der Waals surface area contributed by atoms with E-state index >= 15 is 0 Å². The molecule has 0 aromatic carbocycles. The molecule has 0 spiro atoms. The van der Waals surface area contributed by atoms with Crippen molar-refractivity contribution in [3.05, 3.63) is 0 Å². The Morgan fingerprint density at radius 1 is 1.06 bits per heavy atom. The Bertz CT molecular complexity index is 174. The molecule has 0 aromatic heterocycles. The monoisotopic (exact) mass is 225 g/mol. The van der Waals surface area contributed by atoms with E-state index in [1.165, 1.54) is 38.5 Å². The Morgan fingerprint density at radius 2 is 1.75 bits per heavy atom. The van der Waals surface area contributed by atoms with Crippen molar-refractivity contribution >= 4 is 0 Å². The fourth-order valence-corrected chi connectivity index (χ4v) is 3.56. The van der Waals surface area contributed by atoms with Gasteiger partial charge >= 0.3 is 0 Å². The number of rotatable bonds is 7. The summed E-state index contributed by atoms with van der Waals surface area (Å²) < 4.78 is 0. The maximum atomic E-state index is 3.77. The zero-order valence-corrected chi connectivity index (χ0v) is 11.8. The van der Waals surface area contributed by atoms with Crippen LogP contribution in [0.5, 0.6) is 0 Å². The summed E-state index contributed by atoms with van der Waals surface area (Å²) in [6.07, 6.45) is 8.47. The highest BCUT2D eigenvalue weighted by Crippen LogP contribution is 2.37. The molecule has 1 aliphatic rings. The van der Waals surface area contributed by atoms with Crippen LogP contribution in [0.25, 0.3) is 0 Å². The van der Waals surface area contributed by atoms with Crippen LogP contribution in [0.1, 0.15) is 66.2 Å². The zero-order chi connectivity index (χ0) is 12.0. The highest BCUT2D eigenvalue weighted by Gasteiger charge is 2.32. The number of nitrogens with one attached hydrogen (secondary N) is 1. The minimum absolute atomic E-state index is 0.788. The van der Waals surface area contributed by atoms with Crippen molar-refractivity contribution in [3.63, 3.8) is 0 Å². The quantitative estimate of drug-likeness (QED) is 0.684. The predicted octanol–water partition coefficient (Wildman–Crippen LogP) is 4.23. The summed E-state index contributed by atoms with van der Waals surface area (Å²) in [5.41, 5.74) is 0. The third kappa shape index (κ3) is 3.48. The number of hydrogen-bond donors (Lipinski definition) is 1. The van der Waals surface area contributed by atoms with Crippen molar-refractivity contribution in [2.75, 3.05) is 6.54 Å². The van der Waals surface area contributed by atoms with Gasteiger partial charge in [0, 0.05) is 6.04 Å². The Labute approximate surface area is 102 Å². The van der Waals surface area contributed by atoms with Crippen LogP contribution in [0.2, 0.25) is 0 Å². The molecule has 0 aliphatic heterocycles. The standard InChI is InChI=1S/C15H31N/c1-5-12-9-10-14(11-12)15(16-8-4)13(6-2)7-3/h12-16H,5-11H2,1-4H3. The molecular formula is C15H31N. The van der Waals surface area contributed by atoms with Gasteiger partial charge in [-0.05, 0) is 37.1 Å². The van der Waals surface area contributed by atoms with Gasteiger partial charge in [-0.3, -0.25) is 0 Å². The minimum atomic E-state index is 0.788. The van der Waals surface area contributed by atoms with E-state index in [0.29, 0.717) is 0 Å². The van der Waals surface area contributed by atoms with Crippen LogP contribution in [-0.2, 0) is 0 Å². The third-order valence-electron chi connectivity index (χ3n) is 4.66. The second-order valence-electron chi connectivity index (χ2n) is 5.51. The average Bonchev–Trinajstić information content (AvgIpc) is 2.77. The summed E-state index contributed by atoms with van der Waals surface area (Å²) in [6.45, 7) is 10.4. The first-order valence-electron chi connectivity index (χ1n) is 7.50. The molecule has 0 saturated heterocycles. The molecule has 0 radical (unpaired) electrons. The summed E-state index contributed by atoms with van der Waals surface area (Å²) in [6, 6.07) is 0.788. The zero-order valence-electron chi connectivity index (χ0n) is 11.8. The van der Waals surface area contributed by atoms with Gasteiger partial charge in [-0.2, -0.15) is 0 Å². The van der Waals surface area contributed by atoms with Gasteiger partial charge in [0.25, 0.3) is 0 Å². The van der Waals surface area contributed by atoms with Crippen LogP contribution < -0.4 is 5.32 Å². The predicted molar refractivity (Wildman–Crippen MR) is 72.7 cm³/mol. The van der Waals surface area contributed by atoms with Gasteiger partial charge in [-0.15, -0.1) is 0 Å². The van der Waals surface area contributed by atoms with Crippen LogP contribution in [0, 0.1) is 17.8 Å². The van der Waals surface area contributed by atoms with E-state index in [4.69, 9.17) is 0 Å². The van der Waals surface area contributed by atoms with Gasteiger partial charge in [0.2, 0.25) is 0 Å². The molecule has 1 fully saturated rings. The maximum Gasteiger partial charge on any atom is 0.0123 e. The molecule has 16 heavy (non-hydrogen) atoms. The Kier molecular flexibility index (Phi) is 6.41. The molecule has 96 valence electrons. The van der Waals surface area contributed by atoms with E-state index in [1.807, 2.05) is 0 Å². The molecule has 3 atom stereocenters. The lowest BCUT2D eigenvalue weighted by atomic mass is 9.83. The molecule has 1 aliphatic carbocycles. The molecule has 0 aromatic rings. The molecule has 0 bridgehead atoms. The smallest absolute Gasteiger partial charge is 0.0123 e. The van der Waals surface area contributed by atoms with E-state index in [2.05, 4.69) is 33.0 Å². The van der Waals surface area contributed by atoms with Crippen molar-refractivity contribution in [2.24, 2.45) is 17.8 Å². The molecule has 3 unspecified atom stereocenters. The van der Waals surface area contributed by atoms with Crippen LogP contribution in [0.15, 0.2) is 0 Å². The molecular weight excluding hydrogens is 194 g/mol. The fraction of sp³-hybridized carbons (Fsp3) is 1.00. The van der Waals surface area contributed by atoms with Gasteiger partial charge in [-0.1, -0.05) is 53.4 Å². The van der Waals surface area contributed by atoms with Crippen LogP contribution in [0.4, 0.5) is 0 Å². The summed E-state index contributed by atoms with van der Waals surface area (Å²) in [7, 11) is 0. The van der Waals surface area contributed by atoms with Gasteiger partial charge in [-0.25, -0.2) is 0 Å². The van der Waals surface area contributed by atoms with Gasteiger partial charge < -0.3 is 5.32 Å². The van der Waals surface area contributed by atoms with Crippen molar-refractivity contribution in [1.29, 1.82) is 0 Å². The van der Waals surface area contributed by atoms with Gasteiger partial charge in [0.05, 0.1) is 0 Å². The second kappa shape index (κ2) is 7.32. The first-order chi connectivity index (χ1) is 7.76. The van der Waals surface area contributed by atoms with Crippen LogP contribution in [-0.4, -0.2) is 12.6 Å². The van der Waals surface area contributed by atoms with Crippen molar-refractivity contribution in [2.45, 2.75) is 72.3 Å². The van der Waals surface area contributed by atoms with E-state index in [9.17, 15) is 0 Å². The van der Waals surface area contributed by atoms with Gasteiger partial charge in [0.1, 0.15) is 0 Å². The Hall–Kier alpha value is -0.0400. The first kappa shape index (κ1) is 14.0. The number of hydrogen-bond acceptors (Lipinski definition) is 1. The lowest BCUT2D eigenvalue weighted by Gasteiger charge is -2.31. The third-order valence-corrected chi connectivity index (χ3v) is 4.66. The normalized spacial score (nSPS) is 27.6. The van der Waals surface area contributed by atoms with Crippen molar-refractivity contribution < 1.29 is 0 Å². The molecule has 1 nitrogen and oxygen atoms in total. The van der Waals surface area contributed by atoms with E-state index < -0.39 is 0 Å². The lowest BCUT2D eigenvalue weighted by molar-refractivity contribution is 0.244. The maximum absolute atomic E-state index is 3.77. The molecule has 1 N–H and O–H groups in total. The van der Waals surface area contributed by atoms with Gasteiger partial charge in [0.15, 0.2) is 0 Å². The van der Waals surface area contributed by atoms with Crippen molar-refractivity contribution in [1.82, 2.24) is 5.32 Å². The molecule has 0 amide bonds. The Morgan fingerprint density at radius 3 is 2.19 bits per heavy atom. The van der Waals surface area contributed by atoms with E-state index in [1.54, 1.807) is 0 Å². The summed E-state index contributed by atoms with van der Waals surface area (Å²) in [5, 5.41) is 3.77. The SMILES string of the molecule is CCNC(C(CC)CC)C1CCC(CC)C1. The largest absolute Gasteiger partial charge is 0.314 e. The fourth-order valence-electron chi connectivity index (χ4n) is 3.56. The summed E-state index contributed by atoms with van der Waals surface area (Å²) in [4.78, 5) is 0. The summed E-state index contributed by atoms with van der Waals surface area (Å²) >= 11 is 0. The van der Waals surface area contributed by atoms with E-state index in [0.717, 1.165) is 30.3 Å². The highest BCUT2D eigenvalue weighted by molar-refractivity contribution is 4.87. The van der Waals surface area contributed by atoms with Crippen molar-refractivity contribution in [3.8, 4) is 0 Å². The molecule has 0 heterocycles. The summed E-state index contributed by atoms with van der Waals surface area (Å²) in [5.74, 6) is 2.86. The van der Waals surface area contributed by atoms with Crippen LogP contribution >= 0.6 is 0 Å². The first-order valence-corrected chi connectivity index (χ1v) is 7.50. The molecule has 1 heteroatoms. The molecule has 1 rings (SSSR count).